The Bertz CT molecular complexity index is 395. The van der Waals surface area contributed by atoms with Gasteiger partial charge in [-0.1, -0.05) is 0 Å². The summed E-state index contributed by atoms with van der Waals surface area (Å²) in [5.74, 6) is -0.938. The van der Waals surface area contributed by atoms with Crippen LogP contribution in [0.2, 0.25) is 0 Å². The first-order valence-corrected chi connectivity index (χ1v) is 4.49. The maximum atomic E-state index is 11.6. The second-order valence-electron chi connectivity index (χ2n) is 3.20. The first-order chi connectivity index (χ1) is 6.97. The highest BCUT2D eigenvalue weighted by molar-refractivity contribution is 5.96. The fraction of sp³-hybridized carbons (Fsp3) is 0.444. The van der Waals surface area contributed by atoms with E-state index in [-0.39, 0.29) is 17.3 Å². The van der Waals surface area contributed by atoms with E-state index in [9.17, 15) is 9.59 Å². The van der Waals surface area contributed by atoms with Crippen molar-refractivity contribution < 1.29 is 9.59 Å². The Morgan fingerprint density at radius 2 is 2.13 bits per heavy atom. The van der Waals surface area contributed by atoms with Crippen LogP contribution in [0.3, 0.4) is 0 Å². The molecule has 2 N–H and O–H groups in total. The molecular weight excluding hydrogens is 196 g/mol. The van der Waals surface area contributed by atoms with Crippen LogP contribution in [0.5, 0.6) is 0 Å². The SMILES string of the molecule is CCn1nc(C(N)=O)[c]c1C(=O)N(C)C. The lowest BCUT2D eigenvalue weighted by Crippen LogP contribution is -2.24. The number of aromatic nitrogens is 2. The lowest BCUT2D eigenvalue weighted by Gasteiger charge is -2.10. The summed E-state index contributed by atoms with van der Waals surface area (Å²) in [6.45, 7) is 2.30. The van der Waals surface area contributed by atoms with Crippen molar-refractivity contribution in [3.05, 3.63) is 17.5 Å². The molecule has 0 aliphatic rings. The summed E-state index contributed by atoms with van der Waals surface area (Å²) in [6, 6.07) is 2.60. The summed E-state index contributed by atoms with van der Waals surface area (Å²) in [6.07, 6.45) is 0. The number of primary amides is 1. The van der Waals surface area contributed by atoms with Crippen molar-refractivity contribution in [2.75, 3.05) is 14.1 Å². The van der Waals surface area contributed by atoms with E-state index in [1.165, 1.54) is 9.58 Å². The first kappa shape index (κ1) is 11.2. The number of carbonyl (C=O) groups excluding carboxylic acids is 2. The van der Waals surface area contributed by atoms with E-state index in [0.717, 1.165) is 0 Å². The average Bonchev–Trinajstić information content (AvgIpc) is 2.59. The van der Waals surface area contributed by atoms with Gasteiger partial charge >= 0.3 is 0 Å². The molecular formula is C9H13N4O2. The topological polar surface area (TPSA) is 81.2 Å². The van der Waals surface area contributed by atoms with E-state index < -0.39 is 5.91 Å². The first-order valence-electron chi connectivity index (χ1n) is 4.49. The quantitative estimate of drug-likeness (QED) is 0.728. The number of hydrogen-bond donors (Lipinski definition) is 1. The molecule has 6 nitrogen and oxygen atoms in total. The molecule has 0 aromatic carbocycles. The molecule has 1 heterocycles. The van der Waals surface area contributed by atoms with Gasteiger partial charge in [0.2, 0.25) is 0 Å². The molecule has 0 fully saturated rings. The Labute approximate surface area is 87.7 Å². The Morgan fingerprint density at radius 3 is 2.53 bits per heavy atom. The molecule has 0 spiro atoms. The van der Waals surface area contributed by atoms with E-state index in [2.05, 4.69) is 11.2 Å². The molecule has 0 bridgehead atoms. The van der Waals surface area contributed by atoms with Crippen LogP contribution in [0.25, 0.3) is 0 Å². The fourth-order valence-electron chi connectivity index (χ4n) is 1.09. The van der Waals surface area contributed by atoms with Gasteiger partial charge in [0.15, 0.2) is 5.69 Å². The van der Waals surface area contributed by atoms with Crippen LogP contribution in [-0.2, 0) is 6.54 Å². The third-order valence-corrected chi connectivity index (χ3v) is 1.86. The molecule has 2 amide bonds. The van der Waals surface area contributed by atoms with Gasteiger partial charge in [0, 0.05) is 20.6 Å². The van der Waals surface area contributed by atoms with Crippen molar-refractivity contribution in [3.63, 3.8) is 0 Å². The van der Waals surface area contributed by atoms with E-state index in [1.54, 1.807) is 14.1 Å². The Morgan fingerprint density at radius 1 is 1.53 bits per heavy atom. The minimum absolute atomic E-state index is 0.0120. The summed E-state index contributed by atoms with van der Waals surface area (Å²) >= 11 is 0. The number of nitrogens with zero attached hydrogens (tertiary/aromatic N) is 3. The highest BCUT2D eigenvalue weighted by Gasteiger charge is 2.18. The number of nitrogens with two attached hydrogens (primary N) is 1. The number of hydrogen-bond acceptors (Lipinski definition) is 3. The molecule has 1 aromatic heterocycles. The molecule has 1 radical (unpaired) electrons. The van der Waals surface area contributed by atoms with E-state index in [0.29, 0.717) is 6.54 Å². The highest BCUT2D eigenvalue weighted by Crippen LogP contribution is 2.05. The lowest BCUT2D eigenvalue weighted by atomic mass is 10.3. The summed E-state index contributed by atoms with van der Waals surface area (Å²) in [5.41, 5.74) is 5.29. The zero-order valence-electron chi connectivity index (χ0n) is 8.94. The van der Waals surface area contributed by atoms with Crippen molar-refractivity contribution in [3.8, 4) is 0 Å². The molecule has 15 heavy (non-hydrogen) atoms. The maximum Gasteiger partial charge on any atom is 0.272 e. The van der Waals surface area contributed by atoms with Crippen LogP contribution >= 0.6 is 0 Å². The van der Waals surface area contributed by atoms with Crippen LogP contribution < -0.4 is 5.73 Å². The van der Waals surface area contributed by atoms with Gasteiger partial charge in [-0.15, -0.1) is 0 Å². The smallest absolute Gasteiger partial charge is 0.272 e. The van der Waals surface area contributed by atoms with Gasteiger partial charge in [-0.2, -0.15) is 5.10 Å². The van der Waals surface area contributed by atoms with Gasteiger partial charge in [0.1, 0.15) is 5.69 Å². The van der Waals surface area contributed by atoms with Crippen molar-refractivity contribution in [1.82, 2.24) is 14.7 Å². The zero-order chi connectivity index (χ0) is 11.6. The molecule has 0 saturated heterocycles. The Hall–Kier alpha value is -1.85. The molecule has 0 saturated carbocycles. The maximum absolute atomic E-state index is 11.6. The molecule has 0 atom stereocenters. The summed E-state index contributed by atoms with van der Waals surface area (Å²) in [7, 11) is 3.24. The predicted molar refractivity (Wildman–Crippen MR) is 53.3 cm³/mol. The molecule has 81 valence electrons. The molecule has 1 aromatic rings. The van der Waals surface area contributed by atoms with Gasteiger partial charge < -0.3 is 10.6 Å². The second-order valence-corrected chi connectivity index (χ2v) is 3.20. The largest absolute Gasteiger partial charge is 0.364 e. The predicted octanol–water partition coefficient (Wildman–Crippen LogP) is -0.496. The van der Waals surface area contributed by atoms with Gasteiger partial charge in [-0.3, -0.25) is 14.3 Å². The number of amides is 2. The van der Waals surface area contributed by atoms with Crippen LogP contribution in [0.1, 0.15) is 27.9 Å². The monoisotopic (exact) mass is 209 g/mol. The van der Waals surface area contributed by atoms with E-state index in [1.807, 2.05) is 6.92 Å². The fourth-order valence-corrected chi connectivity index (χ4v) is 1.09. The minimum Gasteiger partial charge on any atom is -0.364 e. The number of carbonyl (C=O) groups is 2. The summed E-state index contributed by atoms with van der Waals surface area (Å²) < 4.78 is 1.41. The highest BCUT2D eigenvalue weighted by atomic mass is 16.2. The normalized spacial score (nSPS) is 10.1. The molecule has 6 heteroatoms. The minimum atomic E-state index is -0.685. The average molecular weight is 209 g/mol. The van der Waals surface area contributed by atoms with Gasteiger partial charge in [-0.25, -0.2) is 0 Å². The number of rotatable bonds is 3. The van der Waals surface area contributed by atoms with Crippen molar-refractivity contribution in [2.45, 2.75) is 13.5 Å². The van der Waals surface area contributed by atoms with Crippen molar-refractivity contribution >= 4 is 11.8 Å². The van der Waals surface area contributed by atoms with Crippen LogP contribution in [0.4, 0.5) is 0 Å². The summed E-state index contributed by atoms with van der Waals surface area (Å²) in [4.78, 5) is 23.9. The van der Waals surface area contributed by atoms with Crippen LogP contribution in [0, 0.1) is 6.07 Å². The Kier molecular flexibility index (Phi) is 3.08. The third-order valence-electron chi connectivity index (χ3n) is 1.86. The lowest BCUT2D eigenvalue weighted by molar-refractivity contribution is 0.0815. The third kappa shape index (κ3) is 2.15. The van der Waals surface area contributed by atoms with Gasteiger partial charge in [0.25, 0.3) is 11.8 Å². The van der Waals surface area contributed by atoms with Crippen LogP contribution in [-0.4, -0.2) is 40.6 Å². The molecule has 0 aliphatic heterocycles. The summed E-state index contributed by atoms with van der Waals surface area (Å²) in [5, 5.41) is 3.87. The van der Waals surface area contributed by atoms with Crippen molar-refractivity contribution in [1.29, 1.82) is 0 Å². The van der Waals surface area contributed by atoms with Crippen molar-refractivity contribution in [2.24, 2.45) is 5.73 Å². The second kappa shape index (κ2) is 4.12. The Balaban J connectivity index is 3.16. The molecule has 0 aliphatic carbocycles. The van der Waals surface area contributed by atoms with Gasteiger partial charge in [0.05, 0.1) is 6.07 Å². The van der Waals surface area contributed by atoms with Gasteiger partial charge in [-0.05, 0) is 6.92 Å². The number of aryl methyl sites for hydroxylation is 1. The van der Waals surface area contributed by atoms with E-state index >= 15 is 0 Å². The van der Waals surface area contributed by atoms with Crippen LogP contribution in [0.15, 0.2) is 0 Å². The molecule has 0 unspecified atom stereocenters. The molecule has 1 rings (SSSR count). The standard InChI is InChI=1S/C9H13N4O2/c1-4-13-7(9(15)12(2)3)5-6(11-13)8(10)14/h4H2,1-3H3,(H2,10,14). The van der Waals surface area contributed by atoms with E-state index in [4.69, 9.17) is 5.73 Å². The zero-order valence-corrected chi connectivity index (χ0v) is 8.94.